The predicted molar refractivity (Wildman–Crippen MR) is 54.7 cm³/mol. The molecule has 1 aliphatic heterocycles. The fourth-order valence-electron chi connectivity index (χ4n) is 2.25. The van der Waals surface area contributed by atoms with Gasteiger partial charge in [-0.15, -0.1) is 0 Å². The van der Waals surface area contributed by atoms with Gasteiger partial charge in [0.05, 0.1) is 0 Å². The summed E-state index contributed by atoms with van der Waals surface area (Å²) in [5.41, 5.74) is 6.36. The Morgan fingerprint density at radius 2 is 1.92 bits per heavy atom. The summed E-state index contributed by atoms with van der Waals surface area (Å²) in [5.74, 6) is 0. The highest BCUT2D eigenvalue weighted by Gasteiger charge is 2.39. The zero-order chi connectivity index (χ0) is 9.90. The number of nitrogens with two attached hydrogens (primary N) is 1. The van der Waals surface area contributed by atoms with Gasteiger partial charge in [0, 0.05) is 24.8 Å². The maximum Gasteiger partial charge on any atom is 0.0484 e. The summed E-state index contributed by atoms with van der Waals surface area (Å²) in [5, 5.41) is 0. The van der Waals surface area contributed by atoms with E-state index < -0.39 is 0 Å². The average Bonchev–Trinajstić information content (AvgIpc) is 2.17. The highest BCUT2D eigenvalue weighted by atomic mass is 16.5. The standard InChI is InChI=1S/C10H22N2O/c1-4-9(11)10(12(2)3)5-7-13-8-6-10/h9H,4-8,11H2,1-3H3. The molecule has 0 spiro atoms. The van der Waals surface area contributed by atoms with E-state index in [1.54, 1.807) is 0 Å². The van der Waals surface area contributed by atoms with Crippen molar-refractivity contribution in [1.29, 1.82) is 0 Å². The Morgan fingerprint density at radius 3 is 2.31 bits per heavy atom. The summed E-state index contributed by atoms with van der Waals surface area (Å²) in [4.78, 5) is 2.28. The summed E-state index contributed by atoms with van der Waals surface area (Å²) in [6.07, 6.45) is 3.17. The fraction of sp³-hybridized carbons (Fsp3) is 1.00. The lowest BCUT2D eigenvalue weighted by atomic mass is 9.80. The number of nitrogens with zero attached hydrogens (tertiary/aromatic N) is 1. The lowest BCUT2D eigenvalue weighted by molar-refractivity contribution is -0.0218. The first kappa shape index (κ1) is 11.0. The fourth-order valence-corrected chi connectivity index (χ4v) is 2.25. The van der Waals surface area contributed by atoms with E-state index >= 15 is 0 Å². The number of ether oxygens (including phenoxy) is 1. The van der Waals surface area contributed by atoms with Crippen LogP contribution in [0.5, 0.6) is 0 Å². The molecule has 0 bridgehead atoms. The first-order valence-corrected chi connectivity index (χ1v) is 5.14. The molecular formula is C10H22N2O. The van der Waals surface area contributed by atoms with E-state index in [0.717, 1.165) is 32.5 Å². The van der Waals surface area contributed by atoms with Crippen LogP contribution in [-0.2, 0) is 4.74 Å². The van der Waals surface area contributed by atoms with E-state index in [1.807, 2.05) is 0 Å². The molecule has 13 heavy (non-hydrogen) atoms. The second-order valence-electron chi connectivity index (χ2n) is 4.13. The van der Waals surface area contributed by atoms with Crippen molar-refractivity contribution in [1.82, 2.24) is 4.90 Å². The van der Waals surface area contributed by atoms with Gasteiger partial charge in [-0.2, -0.15) is 0 Å². The number of hydrogen-bond donors (Lipinski definition) is 1. The summed E-state index contributed by atoms with van der Waals surface area (Å²) in [7, 11) is 4.25. The minimum Gasteiger partial charge on any atom is -0.381 e. The van der Waals surface area contributed by atoms with Crippen LogP contribution in [0.2, 0.25) is 0 Å². The van der Waals surface area contributed by atoms with Gasteiger partial charge >= 0.3 is 0 Å². The summed E-state index contributed by atoms with van der Waals surface area (Å²) >= 11 is 0. The zero-order valence-electron chi connectivity index (χ0n) is 9.05. The lowest BCUT2D eigenvalue weighted by Crippen LogP contribution is -2.59. The molecule has 1 unspecified atom stereocenters. The Labute approximate surface area is 81.2 Å². The van der Waals surface area contributed by atoms with Gasteiger partial charge in [-0.05, 0) is 33.4 Å². The minimum absolute atomic E-state index is 0.174. The van der Waals surface area contributed by atoms with Crippen molar-refractivity contribution >= 4 is 0 Å². The molecule has 0 saturated carbocycles. The maximum atomic E-state index is 6.19. The maximum absolute atomic E-state index is 6.19. The van der Waals surface area contributed by atoms with Crippen molar-refractivity contribution < 1.29 is 4.74 Å². The molecule has 1 fully saturated rings. The van der Waals surface area contributed by atoms with Crippen molar-refractivity contribution in [2.24, 2.45) is 5.73 Å². The molecule has 3 heteroatoms. The van der Waals surface area contributed by atoms with E-state index in [4.69, 9.17) is 10.5 Å². The van der Waals surface area contributed by atoms with Gasteiger partial charge in [0.15, 0.2) is 0 Å². The molecule has 0 amide bonds. The van der Waals surface area contributed by atoms with E-state index in [2.05, 4.69) is 25.9 Å². The largest absolute Gasteiger partial charge is 0.381 e. The SMILES string of the molecule is CCC(N)C1(N(C)C)CCOCC1. The van der Waals surface area contributed by atoms with Gasteiger partial charge in [0.25, 0.3) is 0 Å². The molecule has 1 atom stereocenters. The van der Waals surface area contributed by atoms with Crippen LogP contribution in [0, 0.1) is 0 Å². The predicted octanol–water partition coefficient (Wildman–Crippen LogP) is 0.834. The molecule has 0 aliphatic carbocycles. The van der Waals surface area contributed by atoms with Crippen LogP contribution in [0.25, 0.3) is 0 Å². The summed E-state index contributed by atoms with van der Waals surface area (Å²) in [6.45, 7) is 3.86. The Hall–Kier alpha value is -0.120. The monoisotopic (exact) mass is 186 g/mol. The van der Waals surface area contributed by atoms with Crippen molar-refractivity contribution in [2.75, 3.05) is 27.3 Å². The first-order valence-electron chi connectivity index (χ1n) is 5.14. The number of rotatable bonds is 3. The second-order valence-corrected chi connectivity index (χ2v) is 4.13. The number of hydrogen-bond acceptors (Lipinski definition) is 3. The van der Waals surface area contributed by atoms with Gasteiger partial charge in [0.2, 0.25) is 0 Å². The van der Waals surface area contributed by atoms with E-state index in [-0.39, 0.29) is 11.6 Å². The van der Waals surface area contributed by atoms with Gasteiger partial charge in [0.1, 0.15) is 0 Å². The van der Waals surface area contributed by atoms with Crippen LogP contribution in [0.15, 0.2) is 0 Å². The quantitative estimate of drug-likeness (QED) is 0.709. The summed E-state index contributed by atoms with van der Waals surface area (Å²) in [6, 6.07) is 0.270. The number of likely N-dealkylation sites (N-methyl/N-ethyl adjacent to an activating group) is 1. The Morgan fingerprint density at radius 1 is 1.38 bits per heavy atom. The topological polar surface area (TPSA) is 38.5 Å². The van der Waals surface area contributed by atoms with Crippen LogP contribution in [0.4, 0.5) is 0 Å². The molecule has 0 aromatic heterocycles. The lowest BCUT2D eigenvalue weighted by Gasteiger charge is -2.46. The molecule has 3 nitrogen and oxygen atoms in total. The van der Waals surface area contributed by atoms with Crippen molar-refractivity contribution in [3.05, 3.63) is 0 Å². The zero-order valence-corrected chi connectivity index (χ0v) is 9.05. The Kier molecular flexibility index (Phi) is 3.71. The molecule has 1 rings (SSSR count). The average molecular weight is 186 g/mol. The van der Waals surface area contributed by atoms with E-state index in [1.165, 1.54) is 0 Å². The second kappa shape index (κ2) is 4.40. The normalized spacial score (nSPS) is 24.7. The molecular weight excluding hydrogens is 164 g/mol. The molecule has 1 aliphatic rings. The molecule has 2 N–H and O–H groups in total. The Balaban J connectivity index is 2.72. The van der Waals surface area contributed by atoms with Crippen molar-refractivity contribution in [3.63, 3.8) is 0 Å². The smallest absolute Gasteiger partial charge is 0.0484 e. The highest BCUT2D eigenvalue weighted by molar-refractivity contribution is 4.97. The minimum atomic E-state index is 0.174. The van der Waals surface area contributed by atoms with Crippen LogP contribution in [0.3, 0.4) is 0 Å². The third-order valence-electron chi connectivity index (χ3n) is 3.38. The van der Waals surface area contributed by atoms with Crippen molar-refractivity contribution in [3.8, 4) is 0 Å². The van der Waals surface area contributed by atoms with Crippen LogP contribution in [-0.4, -0.2) is 43.8 Å². The van der Waals surface area contributed by atoms with Crippen LogP contribution in [0.1, 0.15) is 26.2 Å². The van der Waals surface area contributed by atoms with E-state index in [0.29, 0.717) is 0 Å². The molecule has 0 aromatic carbocycles. The molecule has 0 aromatic rings. The van der Waals surface area contributed by atoms with Gasteiger partial charge < -0.3 is 15.4 Å². The third kappa shape index (κ3) is 2.03. The Bertz CT molecular complexity index is 153. The molecule has 0 radical (unpaired) electrons. The van der Waals surface area contributed by atoms with Crippen LogP contribution >= 0.6 is 0 Å². The van der Waals surface area contributed by atoms with Crippen LogP contribution < -0.4 is 5.73 Å². The third-order valence-corrected chi connectivity index (χ3v) is 3.38. The molecule has 1 heterocycles. The first-order chi connectivity index (χ1) is 6.13. The highest BCUT2D eigenvalue weighted by Crippen LogP contribution is 2.29. The van der Waals surface area contributed by atoms with Gasteiger partial charge in [-0.25, -0.2) is 0 Å². The van der Waals surface area contributed by atoms with Crippen molar-refractivity contribution in [2.45, 2.75) is 37.8 Å². The van der Waals surface area contributed by atoms with Gasteiger partial charge in [-0.1, -0.05) is 6.92 Å². The summed E-state index contributed by atoms with van der Waals surface area (Å²) < 4.78 is 5.39. The molecule has 1 saturated heterocycles. The molecule has 78 valence electrons. The van der Waals surface area contributed by atoms with E-state index in [9.17, 15) is 0 Å². The van der Waals surface area contributed by atoms with Gasteiger partial charge in [-0.3, -0.25) is 0 Å².